The van der Waals surface area contributed by atoms with E-state index in [9.17, 15) is 19.5 Å². The van der Waals surface area contributed by atoms with E-state index in [0.29, 0.717) is 30.9 Å². The number of benzene rings is 4. The van der Waals surface area contributed by atoms with Gasteiger partial charge in [0.1, 0.15) is 36.0 Å². The molecule has 3 heterocycles. The van der Waals surface area contributed by atoms with Crippen molar-refractivity contribution in [1.82, 2.24) is 15.1 Å². The molecule has 0 aromatic heterocycles. The van der Waals surface area contributed by atoms with E-state index in [2.05, 4.69) is 65.7 Å². The number of amides is 3. The van der Waals surface area contributed by atoms with Gasteiger partial charge in [-0.05, 0) is 95.5 Å². The second-order valence-corrected chi connectivity index (χ2v) is 15.2. The molecule has 2 saturated heterocycles. The number of allylic oxidation sites excluding steroid dienone is 1. The summed E-state index contributed by atoms with van der Waals surface area (Å²) in [5.41, 5.74) is 7.19. The Labute approximate surface area is 328 Å². The molecule has 4 aliphatic rings. The quantitative estimate of drug-likeness (QED) is 0.111. The fourth-order valence-corrected chi connectivity index (χ4v) is 8.38. The standard InChI is InChI=1S/C46H49N3O7/c1-2-40(30-6-4-3-5-7-30)44(31-8-13-34(50)14-9-31)32-10-15-35(16-11-32)55-38-26-39(27-38)56-36-20-22-48(23-21-36)24-25-54-37-17-12-33-29-49(46(53)41(33)28-37)42-18-19-43(51)47-45(42)52/h3-17,28,36,38-39,42,50H,2,18-27,29H2,1H3,(H,47,51,52)/b44-40-. The summed E-state index contributed by atoms with van der Waals surface area (Å²) in [6.45, 7) is 5.73. The molecule has 3 amide bonds. The lowest BCUT2D eigenvalue weighted by Crippen LogP contribution is -2.52. The summed E-state index contributed by atoms with van der Waals surface area (Å²) in [6, 6.07) is 31.2. The van der Waals surface area contributed by atoms with Crippen LogP contribution in [0.3, 0.4) is 0 Å². The Morgan fingerprint density at radius 3 is 2.18 bits per heavy atom. The lowest BCUT2D eigenvalue weighted by Gasteiger charge is -2.40. The first-order chi connectivity index (χ1) is 27.3. The predicted octanol–water partition coefficient (Wildman–Crippen LogP) is 6.99. The van der Waals surface area contributed by atoms with Gasteiger partial charge in [0.2, 0.25) is 11.8 Å². The molecule has 1 unspecified atom stereocenters. The van der Waals surface area contributed by atoms with Crippen molar-refractivity contribution in [2.24, 2.45) is 0 Å². The normalized spacial score (nSPS) is 21.9. The van der Waals surface area contributed by atoms with Gasteiger partial charge in [-0.15, -0.1) is 0 Å². The van der Waals surface area contributed by atoms with Crippen molar-refractivity contribution in [3.63, 3.8) is 0 Å². The number of nitrogens with one attached hydrogen (secondary N) is 1. The number of likely N-dealkylation sites (tertiary alicyclic amines) is 1. The first kappa shape index (κ1) is 37.5. The van der Waals surface area contributed by atoms with Crippen LogP contribution in [-0.4, -0.2) is 83.2 Å². The number of carbonyl (C=O) groups is 3. The molecule has 3 fully saturated rings. The summed E-state index contributed by atoms with van der Waals surface area (Å²) in [4.78, 5) is 41.0. The van der Waals surface area contributed by atoms with Crippen LogP contribution < -0.4 is 14.8 Å². The van der Waals surface area contributed by atoms with Crippen LogP contribution in [0.5, 0.6) is 17.2 Å². The fraction of sp³-hybridized carbons (Fsp3) is 0.370. The van der Waals surface area contributed by atoms with E-state index in [0.717, 1.165) is 79.8 Å². The summed E-state index contributed by atoms with van der Waals surface area (Å²) in [5.74, 6) is 0.860. The molecule has 1 saturated carbocycles. The summed E-state index contributed by atoms with van der Waals surface area (Å²) < 4.78 is 18.9. The average molecular weight is 756 g/mol. The molecule has 4 aromatic carbocycles. The van der Waals surface area contributed by atoms with Crippen molar-refractivity contribution in [3.8, 4) is 17.2 Å². The van der Waals surface area contributed by atoms with Crippen LogP contribution in [-0.2, 0) is 20.9 Å². The summed E-state index contributed by atoms with van der Waals surface area (Å²) in [6.07, 6.45) is 5.78. The maximum absolute atomic E-state index is 13.1. The first-order valence-electron chi connectivity index (χ1n) is 19.9. The van der Waals surface area contributed by atoms with E-state index in [1.807, 2.05) is 30.3 Å². The van der Waals surface area contributed by atoms with E-state index >= 15 is 0 Å². The summed E-state index contributed by atoms with van der Waals surface area (Å²) in [7, 11) is 0. The molecule has 0 bridgehead atoms. The topological polar surface area (TPSA) is 118 Å². The molecule has 10 nitrogen and oxygen atoms in total. The number of carbonyl (C=O) groups excluding carboxylic acids is 3. The van der Waals surface area contributed by atoms with Gasteiger partial charge in [0.15, 0.2) is 0 Å². The SMILES string of the molecule is CC/C(=C(\c1ccc(O)cc1)c1ccc(OC2CC(OC3CCN(CCOc4ccc5c(c4)C(=O)N(C4CCC(=O)NC4=O)C5)CC3)C2)cc1)c1ccccc1. The number of piperidine rings is 2. The second kappa shape index (κ2) is 16.7. The Balaban J connectivity index is 0.768. The van der Waals surface area contributed by atoms with E-state index in [4.69, 9.17) is 14.2 Å². The monoisotopic (exact) mass is 755 g/mol. The second-order valence-electron chi connectivity index (χ2n) is 15.2. The van der Waals surface area contributed by atoms with Crippen LogP contribution in [0.2, 0.25) is 0 Å². The Bertz CT molecular complexity index is 2070. The molecule has 1 atom stereocenters. The molecule has 8 rings (SSSR count). The molecule has 1 aliphatic carbocycles. The Morgan fingerprint density at radius 2 is 1.48 bits per heavy atom. The molecule has 4 aromatic rings. The van der Waals surface area contributed by atoms with Gasteiger partial charge < -0.3 is 24.2 Å². The van der Waals surface area contributed by atoms with Gasteiger partial charge in [-0.3, -0.25) is 24.6 Å². The van der Waals surface area contributed by atoms with Crippen LogP contribution in [0, 0.1) is 0 Å². The number of fused-ring (bicyclic) bond motifs is 1. The molecular weight excluding hydrogens is 707 g/mol. The minimum absolute atomic E-state index is 0.140. The smallest absolute Gasteiger partial charge is 0.255 e. The maximum atomic E-state index is 13.1. The van der Waals surface area contributed by atoms with E-state index < -0.39 is 11.9 Å². The first-order valence-corrected chi connectivity index (χ1v) is 19.9. The van der Waals surface area contributed by atoms with Crippen molar-refractivity contribution in [3.05, 3.63) is 125 Å². The molecule has 2 N–H and O–H groups in total. The molecule has 0 radical (unpaired) electrons. The lowest BCUT2D eigenvalue weighted by molar-refractivity contribution is -0.136. The lowest BCUT2D eigenvalue weighted by atomic mass is 9.88. The van der Waals surface area contributed by atoms with Crippen LogP contribution >= 0.6 is 0 Å². The summed E-state index contributed by atoms with van der Waals surface area (Å²) in [5, 5.41) is 12.3. The van der Waals surface area contributed by atoms with Crippen molar-refractivity contribution >= 4 is 28.9 Å². The minimum Gasteiger partial charge on any atom is -0.508 e. The number of rotatable bonds is 13. The number of imide groups is 1. The zero-order valence-electron chi connectivity index (χ0n) is 31.8. The molecule has 3 aliphatic heterocycles. The van der Waals surface area contributed by atoms with Crippen LogP contribution in [0.1, 0.15) is 84.5 Å². The molecule has 0 spiro atoms. The van der Waals surface area contributed by atoms with Crippen molar-refractivity contribution in [1.29, 1.82) is 0 Å². The third kappa shape index (κ3) is 8.37. The van der Waals surface area contributed by atoms with Crippen LogP contribution in [0.25, 0.3) is 11.1 Å². The van der Waals surface area contributed by atoms with Crippen molar-refractivity contribution < 1.29 is 33.7 Å². The predicted molar refractivity (Wildman–Crippen MR) is 213 cm³/mol. The van der Waals surface area contributed by atoms with Gasteiger partial charge in [-0.1, -0.05) is 67.6 Å². The number of ether oxygens (including phenoxy) is 3. The third-order valence-corrected chi connectivity index (χ3v) is 11.5. The van der Waals surface area contributed by atoms with Gasteiger partial charge in [0.05, 0.1) is 12.2 Å². The van der Waals surface area contributed by atoms with E-state index in [-0.39, 0.29) is 42.3 Å². The Hall–Kier alpha value is -5.45. The highest BCUT2D eigenvalue weighted by atomic mass is 16.5. The number of hydrogen-bond acceptors (Lipinski definition) is 8. The number of phenolic OH excluding ortho intramolecular Hbond substituents is 1. The van der Waals surface area contributed by atoms with Crippen molar-refractivity contribution in [2.45, 2.75) is 82.8 Å². The highest BCUT2D eigenvalue weighted by Crippen LogP contribution is 2.37. The van der Waals surface area contributed by atoms with Crippen LogP contribution in [0.4, 0.5) is 0 Å². The third-order valence-electron chi connectivity index (χ3n) is 11.5. The molecule has 290 valence electrons. The highest BCUT2D eigenvalue weighted by Gasteiger charge is 2.39. The zero-order valence-corrected chi connectivity index (χ0v) is 31.8. The highest BCUT2D eigenvalue weighted by molar-refractivity contribution is 6.05. The number of aromatic hydroxyl groups is 1. The minimum atomic E-state index is -0.622. The number of nitrogens with zero attached hydrogens (tertiary/aromatic N) is 2. The number of hydrogen-bond donors (Lipinski definition) is 2. The number of phenols is 1. The molecule has 10 heteroatoms. The van der Waals surface area contributed by atoms with Gasteiger partial charge in [0, 0.05) is 51.0 Å². The van der Waals surface area contributed by atoms with E-state index in [1.165, 1.54) is 11.1 Å². The molecular formula is C46H49N3O7. The van der Waals surface area contributed by atoms with Crippen molar-refractivity contribution in [2.75, 3.05) is 26.2 Å². The van der Waals surface area contributed by atoms with E-state index in [1.54, 1.807) is 23.1 Å². The van der Waals surface area contributed by atoms with Gasteiger partial charge in [-0.2, -0.15) is 0 Å². The fourth-order valence-electron chi connectivity index (χ4n) is 8.38. The van der Waals surface area contributed by atoms with Gasteiger partial charge >= 0.3 is 0 Å². The van der Waals surface area contributed by atoms with Gasteiger partial charge in [-0.25, -0.2) is 0 Å². The Morgan fingerprint density at radius 1 is 0.786 bits per heavy atom. The van der Waals surface area contributed by atoms with Crippen LogP contribution in [0.15, 0.2) is 97.1 Å². The zero-order chi connectivity index (χ0) is 38.6. The Kier molecular flexibility index (Phi) is 11.2. The maximum Gasteiger partial charge on any atom is 0.255 e. The summed E-state index contributed by atoms with van der Waals surface area (Å²) >= 11 is 0. The molecule has 56 heavy (non-hydrogen) atoms. The average Bonchev–Trinajstić information content (AvgIpc) is 3.52. The largest absolute Gasteiger partial charge is 0.508 e. The van der Waals surface area contributed by atoms with Gasteiger partial charge in [0.25, 0.3) is 5.91 Å².